The fraction of sp³-hybridized carbons (Fsp3) is 0.250. The van der Waals surface area contributed by atoms with Gasteiger partial charge in [0.15, 0.2) is 0 Å². The van der Waals surface area contributed by atoms with Gasteiger partial charge >= 0.3 is 0 Å². The van der Waals surface area contributed by atoms with Gasteiger partial charge in [-0.15, -0.1) is 11.3 Å². The minimum atomic E-state index is 0.362. The van der Waals surface area contributed by atoms with Crippen molar-refractivity contribution in [2.24, 2.45) is 0 Å². The van der Waals surface area contributed by atoms with E-state index < -0.39 is 0 Å². The number of rotatable bonds is 8. The minimum Gasteiger partial charge on any atom is -0.486 e. The number of hydrogen-bond donors (Lipinski definition) is 1. The van der Waals surface area contributed by atoms with Crippen LogP contribution in [0.4, 0.5) is 11.5 Å². The molecule has 6 nitrogen and oxygen atoms in total. The Morgan fingerprint density at radius 2 is 1.92 bits per heavy atom. The highest BCUT2D eigenvalue weighted by Crippen LogP contribution is 2.38. The maximum atomic E-state index is 6.53. The Bertz CT molecular complexity index is 1500. The van der Waals surface area contributed by atoms with Crippen molar-refractivity contribution in [2.45, 2.75) is 25.9 Å². The smallest absolute Gasteiger partial charge is 0.143 e. The number of nitrogens with zero attached hydrogens (tertiary/aromatic N) is 4. The number of halogens is 1. The summed E-state index contributed by atoms with van der Waals surface area (Å²) in [5, 5.41) is 6.18. The van der Waals surface area contributed by atoms with Crippen molar-refractivity contribution in [3.63, 3.8) is 0 Å². The molecule has 182 valence electrons. The topological polar surface area (TPSA) is 63.2 Å². The third kappa shape index (κ3) is 5.00. The lowest BCUT2D eigenvalue weighted by Crippen LogP contribution is -2.21. The normalized spacial score (nSPS) is 14.0. The van der Waals surface area contributed by atoms with Gasteiger partial charge in [0.05, 0.1) is 16.1 Å². The van der Waals surface area contributed by atoms with Gasteiger partial charge in [0.25, 0.3) is 0 Å². The second kappa shape index (κ2) is 10.4. The average Bonchev–Trinajstić information content (AvgIpc) is 3.55. The number of fused-ring (bicyclic) bond motifs is 3. The van der Waals surface area contributed by atoms with Gasteiger partial charge < -0.3 is 15.0 Å². The Labute approximate surface area is 218 Å². The summed E-state index contributed by atoms with van der Waals surface area (Å²) in [6, 6.07) is 18.2. The average molecular weight is 516 g/mol. The fourth-order valence-electron chi connectivity index (χ4n) is 4.66. The van der Waals surface area contributed by atoms with Crippen LogP contribution in [0.3, 0.4) is 0 Å². The molecule has 36 heavy (non-hydrogen) atoms. The third-order valence-corrected chi connectivity index (χ3v) is 7.90. The molecule has 5 aromatic rings. The summed E-state index contributed by atoms with van der Waals surface area (Å²) in [4.78, 5) is 16.9. The molecule has 0 amide bonds. The number of aromatic nitrogens is 3. The van der Waals surface area contributed by atoms with Crippen molar-refractivity contribution in [3.05, 3.63) is 83.4 Å². The molecule has 0 spiro atoms. The molecule has 0 saturated carbocycles. The van der Waals surface area contributed by atoms with Gasteiger partial charge in [-0.05, 0) is 74.3 Å². The number of anilines is 2. The molecule has 1 aliphatic rings. The lowest BCUT2D eigenvalue weighted by molar-refractivity contribution is 0.301. The van der Waals surface area contributed by atoms with E-state index in [1.807, 2.05) is 36.4 Å². The van der Waals surface area contributed by atoms with E-state index in [1.54, 1.807) is 23.9 Å². The number of pyridine rings is 1. The first-order valence-electron chi connectivity index (χ1n) is 12.2. The molecule has 0 aliphatic carbocycles. The van der Waals surface area contributed by atoms with Crippen LogP contribution < -0.4 is 10.1 Å². The first-order valence-corrected chi connectivity index (χ1v) is 13.4. The zero-order chi connectivity index (χ0) is 24.3. The molecule has 6 rings (SSSR count). The van der Waals surface area contributed by atoms with Gasteiger partial charge in [-0.25, -0.2) is 9.97 Å². The van der Waals surface area contributed by atoms with Crippen LogP contribution in [0.5, 0.6) is 5.75 Å². The predicted octanol–water partition coefficient (Wildman–Crippen LogP) is 6.85. The highest BCUT2D eigenvalue weighted by atomic mass is 35.5. The first-order chi connectivity index (χ1) is 17.7. The molecule has 0 radical (unpaired) electrons. The van der Waals surface area contributed by atoms with Crippen molar-refractivity contribution in [1.82, 2.24) is 19.9 Å². The molecule has 1 fully saturated rings. The third-order valence-electron chi connectivity index (χ3n) is 6.55. The predicted molar refractivity (Wildman–Crippen MR) is 148 cm³/mol. The monoisotopic (exact) mass is 515 g/mol. The van der Waals surface area contributed by atoms with Gasteiger partial charge in [-0.2, -0.15) is 0 Å². The van der Waals surface area contributed by atoms with Crippen LogP contribution in [0, 0.1) is 0 Å². The summed E-state index contributed by atoms with van der Waals surface area (Å²) < 4.78 is 7.10. The molecule has 1 saturated heterocycles. The van der Waals surface area contributed by atoms with E-state index in [0.29, 0.717) is 17.4 Å². The summed E-state index contributed by atoms with van der Waals surface area (Å²) in [7, 11) is 0. The lowest BCUT2D eigenvalue weighted by Gasteiger charge is -2.14. The van der Waals surface area contributed by atoms with Gasteiger partial charge in [0, 0.05) is 28.5 Å². The summed E-state index contributed by atoms with van der Waals surface area (Å²) in [6.07, 6.45) is 7.10. The van der Waals surface area contributed by atoms with Gasteiger partial charge in [0.2, 0.25) is 0 Å². The van der Waals surface area contributed by atoms with E-state index in [-0.39, 0.29) is 0 Å². The first kappa shape index (κ1) is 23.2. The second-order valence-electron chi connectivity index (χ2n) is 9.01. The van der Waals surface area contributed by atoms with E-state index >= 15 is 0 Å². The van der Waals surface area contributed by atoms with Crippen molar-refractivity contribution in [3.8, 4) is 5.75 Å². The van der Waals surface area contributed by atoms with Crippen LogP contribution in [0.1, 0.15) is 24.1 Å². The maximum Gasteiger partial charge on any atom is 0.143 e. The molecule has 0 atom stereocenters. The molecule has 2 aromatic carbocycles. The number of benzene rings is 2. The standard InChI is InChI=1S/C28H26ClN5OS/c29-23-16-20(7-9-24(23)35-17-21-5-1-2-11-30-21)33-27-26-22-8-6-19(10-14-34-12-3-4-13-34)15-25(22)36-28(26)32-18-31-27/h1-2,5-9,11,15-16,18H,3-4,10,12-14,17H2,(H,31,32,33). The Morgan fingerprint density at radius 3 is 2.75 bits per heavy atom. The Kier molecular flexibility index (Phi) is 6.68. The molecular weight excluding hydrogens is 490 g/mol. The van der Waals surface area contributed by atoms with Crippen molar-refractivity contribution >= 4 is 54.7 Å². The fourth-order valence-corrected chi connectivity index (χ4v) is 6.01. The highest BCUT2D eigenvalue weighted by Gasteiger charge is 2.15. The molecule has 4 heterocycles. The van der Waals surface area contributed by atoms with Crippen molar-refractivity contribution < 1.29 is 4.74 Å². The number of likely N-dealkylation sites (tertiary alicyclic amines) is 1. The molecule has 3 aromatic heterocycles. The van der Waals surface area contributed by atoms with Crippen LogP contribution >= 0.6 is 22.9 Å². The largest absolute Gasteiger partial charge is 0.486 e. The quantitative estimate of drug-likeness (QED) is 0.244. The van der Waals surface area contributed by atoms with Crippen molar-refractivity contribution in [2.75, 3.05) is 25.0 Å². The Morgan fingerprint density at radius 1 is 1.00 bits per heavy atom. The van der Waals surface area contributed by atoms with E-state index in [1.165, 1.54) is 41.6 Å². The zero-order valence-electron chi connectivity index (χ0n) is 19.8. The van der Waals surface area contributed by atoms with Gasteiger partial charge in [-0.3, -0.25) is 4.98 Å². The number of ether oxygens (including phenoxy) is 1. The Hall–Kier alpha value is -3.26. The van der Waals surface area contributed by atoms with E-state index in [0.717, 1.165) is 40.4 Å². The summed E-state index contributed by atoms with van der Waals surface area (Å²) >= 11 is 8.24. The highest BCUT2D eigenvalue weighted by molar-refractivity contribution is 7.25. The maximum absolute atomic E-state index is 6.53. The molecular formula is C28H26ClN5OS. The molecule has 8 heteroatoms. The van der Waals surface area contributed by atoms with Crippen LogP contribution in [-0.2, 0) is 13.0 Å². The number of thiophene rings is 1. The lowest BCUT2D eigenvalue weighted by atomic mass is 10.1. The van der Waals surface area contributed by atoms with Crippen LogP contribution in [0.2, 0.25) is 5.02 Å². The van der Waals surface area contributed by atoms with Crippen LogP contribution in [0.15, 0.2) is 67.1 Å². The summed E-state index contributed by atoms with van der Waals surface area (Å²) in [6.45, 7) is 3.96. The minimum absolute atomic E-state index is 0.362. The molecule has 1 aliphatic heterocycles. The van der Waals surface area contributed by atoms with Crippen molar-refractivity contribution in [1.29, 1.82) is 0 Å². The SMILES string of the molecule is Clc1cc(Nc2ncnc3sc4cc(CCN5CCCC5)ccc4c23)ccc1OCc1ccccn1. The molecule has 0 bridgehead atoms. The van der Waals surface area contributed by atoms with Crippen LogP contribution in [-0.4, -0.2) is 39.5 Å². The zero-order valence-corrected chi connectivity index (χ0v) is 21.4. The number of nitrogens with one attached hydrogen (secondary N) is 1. The molecule has 0 unspecified atom stereocenters. The van der Waals surface area contributed by atoms with Crippen LogP contribution in [0.25, 0.3) is 20.3 Å². The summed E-state index contributed by atoms with van der Waals surface area (Å²) in [5.74, 6) is 1.39. The number of hydrogen-bond acceptors (Lipinski definition) is 7. The van der Waals surface area contributed by atoms with E-state index in [2.05, 4.69) is 43.4 Å². The Balaban J connectivity index is 1.21. The van der Waals surface area contributed by atoms with Gasteiger partial charge in [-0.1, -0.05) is 29.8 Å². The molecule has 1 N–H and O–H groups in total. The van der Waals surface area contributed by atoms with Gasteiger partial charge in [0.1, 0.15) is 29.3 Å². The van der Waals surface area contributed by atoms with E-state index in [4.69, 9.17) is 16.3 Å². The second-order valence-corrected chi connectivity index (χ2v) is 10.5. The van der Waals surface area contributed by atoms with E-state index in [9.17, 15) is 0 Å². The summed E-state index contributed by atoms with van der Waals surface area (Å²) in [5.41, 5.74) is 3.06.